The number of nitrogens with zero attached hydrogens (tertiary/aromatic N) is 1. The molecule has 4 rings (SSSR count). The van der Waals surface area contributed by atoms with Gasteiger partial charge in [-0.25, -0.2) is 4.79 Å². The van der Waals surface area contributed by atoms with Gasteiger partial charge in [0.25, 0.3) is 0 Å². The third-order valence-electron chi connectivity index (χ3n) is 5.38. The van der Waals surface area contributed by atoms with E-state index in [0.29, 0.717) is 28.1 Å². The van der Waals surface area contributed by atoms with Gasteiger partial charge in [0.05, 0.1) is 24.4 Å². The lowest BCUT2D eigenvalue weighted by Crippen LogP contribution is -2.43. The van der Waals surface area contributed by atoms with Crippen molar-refractivity contribution in [2.24, 2.45) is 5.41 Å². The maximum Gasteiger partial charge on any atom is 0.356 e. The molecule has 1 amide bonds. The number of amides is 1. The highest BCUT2D eigenvalue weighted by Gasteiger charge is 2.29. The van der Waals surface area contributed by atoms with E-state index in [-0.39, 0.29) is 37.0 Å². The van der Waals surface area contributed by atoms with Crippen molar-refractivity contribution in [2.45, 2.75) is 33.6 Å². The average molecular weight is 401 g/mol. The Morgan fingerprint density at radius 1 is 1.28 bits per heavy atom. The largest absolute Gasteiger partial charge is 0.461 e. The van der Waals surface area contributed by atoms with Crippen molar-refractivity contribution in [1.82, 2.24) is 9.88 Å². The quantitative estimate of drug-likeness (QED) is 0.748. The van der Waals surface area contributed by atoms with Crippen LogP contribution >= 0.6 is 0 Å². The van der Waals surface area contributed by atoms with Gasteiger partial charge in [-0.05, 0) is 37.8 Å². The molecule has 3 heterocycles. The molecule has 2 aliphatic rings. The number of rotatable bonds is 5. The number of nitrogens with one attached hydrogen (secondary N) is 2. The number of likely N-dealkylation sites (tertiary alicyclic amines) is 1. The minimum Gasteiger partial charge on any atom is -0.461 e. The monoisotopic (exact) mass is 401 g/mol. The smallest absolute Gasteiger partial charge is 0.356 e. The Bertz CT molecular complexity index is 949. The van der Waals surface area contributed by atoms with E-state index in [9.17, 15) is 9.59 Å². The number of ether oxygens (including phenoxy) is 3. The first kappa shape index (κ1) is 19.6. The second kappa shape index (κ2) is 7.59. The normalized spacial score (nSPS) is 18.0. The van der Waals surface area contributed by atoms with Crippen molar-refractivity contribution in [1.29, 1.82) is 0 Å². The van der Waals surface area contributed by atoms with E-state index >= 15 is 0 Å². The predicted octanol–water partition coefficient (Wildman–Crippen LogP) is 3.13. The van der Waals surface area contributed by atoms with Crippen molar-refractivity contribution in [3.63, 3.8) is 0 Å². The number of hydrogen-bond donors (Lipinski definition) is 2. The van der Waals surface area contributed by atoms with E-state index < -0.39 is 5.97 Å². The summed E-state index contributed by atoms with van der Waals surface area (Å²) in [5.41, 5.74) is 1.51. The maximum atomic E-state index is 12.8. The van der Waals surface area contributed by atoms with Gasteiger partial charge < -0.3 is 24.5 Å². The third kappa shape index (κ3) is 4.03. The summed E-state index contributed by atoms with van der Waals surface area (Å²) in [7, 11) is 0. The van der Waals surface area contributed by atoms with E-state index in [1.54, 1.807) is 19.1 Å². The first-order valence-corrected chi connectivity index (χ1v) is 10.0. The minimum atomic E-state index is -0.514. The molecular formula is C21H27N3O5. The number of carbonyl (C=O) groups excluding carboxylic acids is 2. The predicted molar refractivity (Wildman–Crippen MR) is 108 cm³/mol. The second-order valence-electron chi connectivity index (χ2n) is 8.37. The lowest BCUT2D eigenvalue weighted by Gasteiger charge is -2.37. The average Bonchev–Trinajstić information content (AvgIpc) is 3.23. The molecule has 29 heavy (non-hydrogen) atoms. The summed E-state index contributed by atoms with van der Waals surface area (Å²) in [6, 6.07) is 3.54. The number of H-pyrrole nitrogens is 1. The number of aromatic amines is 1. The van der Waals surface area contributed by atoms with Gasteiger partial charge in [0, 0.05) is 18.0 Å². The molecule has 0 unspecified atom stereocenters. The maximum absolute atomic E-state index is 12.8. The summed E-state index contributed by atoms with van der Waals surface area (Å²) in [5.74, 6) is 0.509. The molecule has 0 atom stereocenters. The zero-order chi connectivity index (χ0) is 20.6. The summed E-state index contributed by atoms with van der Waals surface area (Å²) in [4.78, 5) is 30.5. The van der Waals surface area contributed by atoms with Gasteiger partial charge in [-0.1, -0.05) is 13.8 Å². The Kier molecular flexibility index (Phi) is 5.12. The Morgan fingerprint density at radius 3 is 2.76 bits per heavy atom. The van der Waals surface area contributed by atoms with Crippen molar-refractivity contribution in [3.05, 3.63) is 17.8 Å². The molecule has 0 bridgehead atoms. The molecule has 8 heteroatoms. The lowest BCUT2D eigenvalue weighted by molar-refractivity contribution is -0.118. The van der Waals surface area contributed by atoms with Gasteiger partial charge in [-0.2, -0.15) is 0 Å². The highest BCUT2D eigenvalue weighted by Crippen LogP contribution is 2.40. The van der Waals surface area contributed by atoms with Crippen molar-refractivity contribution < 1.29 is 23.8 Å². The van der Waals surface area contributed by atoms with Crippen LogP contribution in [0.3, 0.4) is 0 Å². The summed E-state index contributed by atoms with van der Waals surface area (Å²) in [6.45, 7) is 8.63. The molecule has 2 aliphatic heterocycles. The van der Waals surface area contributed by atoms with Crippen molar-refractivity contribution in [3.8, 4) is 11.5 Å². The zero-order valence-electron chi connectivity index (χ0n) is 17.1. The first-order chi connectivity index (χ1) is 13.9. The number of benzene rings is 1. The van der Waals surface area contributed by atoms with E-state index in [1.165, 1.54) is 0 Å². The summed E-state index contributed by atoms with van der Waals surface area (Å²) in [6.07, 6.45) is 2.23. The molecule has 2 N–H and O–H groups in total. The van der Waals surface area contributed by atoms with Gasteiger partial charge in [0.15, 0.2) is 11.5 Å². The van der Waals surface area contributed by atoms with E-state index in [2.05, 4.69) is 29.0 Å². The molecule has 1 fully saturated rings. The standard InChI is InChI=1S/C21H27N3O5/c1-4-27-20(26)19-18(13-8-15-16(29-12-28-15)9-14(13)22-19)23-17(25)10-24-7-5-6-21(2,3)11-24/h8-9,22H,4-7,10-12H2,1-3H3,(H,23,25). The molecule has 2 aromatic rings. The molecule has 0 spiro atoms. The number of aromatic nitrogens is 1. The van der Waals surface area contributed by atoms with E-state index in [0.717, 1.165) is 25.9 Å². The first-order valence-electron chi connectivity index (χ1n) is 10.0. The fourth-order valence-electron chi connectivity index (χ4n) is 4.13. The summed E-state index contributed by atoms with van der Waals surface area (Å²) in [5, 5.41) is 3.61. The molecule has 0 radical (unpaired) electrons. The van der Waals surface area contributed by atoms with Crippen LogP contribution in [0.4, 0.5) is 5.69 Å². The number of carbonyl (C=O) groups is 2. The molecule has 1 saturated heterocycles. The Hall–Kier alpha value is -2.74. The van der Waals surface area contributed by atoms with Crippen LogP contribution in [0.1, 0.15) is 44.1 Å². The Morgan fingerprint density at radius 2 is 2.03 bits per heavy atom. The molecule has 1 aromatic carbocycles. The molecule has 156 valence electrons. The number of anilines is 1. The lowest BCUT2D eigenvalue weighted by atomic mass is 9.84. The summed E-state index contributed by atoms with van der Waals surface area (Å²) >= 11 is 0. The highest BCUT2D eigenvalue weighted by atomic mass is 16.7. The van der Waals surface area contributed by atoms with Crippen molar-refractivity contribution in [2.75, 3.05) is 38.4 Å². The van der Waals surface area contributed by atoms with Gasteiger partial charge in [-0.3, -0.25) is 9.69 Å². The molecule has 0 saturated carbocycles. The highest BCUT2D eigenvalue weighted by molar-refractivity contribution is 6.11. The summed E-state index contributed by atoms with van der Waals surface area (Å²) < 4.78 is 16.0. The minimum absolute atomic E-state index is 0.152. The Balaban J connectivity index is 1.61. The topological polar surface area (TPSA) is 92.9 Å². The van der Waals surface area contributed by atoms with Crippen LogP contribution < -0.4 is 14.8 Å². The SMILES string of the molecule is CCOC(=O)c1[nH]c2cc3c(cc2c1NC(=O)CN1CCCC(C)(C)C1)OCO3. The zero-order valence-corrected chi connectivity index (χ0v) is 17.1. The number of esters is 1. The van der Waals surface area contributed by atoms with Gasteiger partial charge in [0.2, 0.25) is 12.7 Å². The fourth-order valence-corrected chi connectivity index (χ4v) is 4.13. The van der Waals surface area contributed by atoms with Crippen molar-refractivity contribution >= 4 is 28.5 Å². The van der Waals surface area contributed by atoms with Crippen LogP contribution in [-0.4, -0.2) is 54.8 Å². The van der Waals surface area contributed by atoms with Gasteiger partial charge >= 0.3 is 5.97 Å². The van der Waals surface area contributed by atoms with E-state index in [1.807, 2.05) is 0 Å². The number of hydrogen-bond acceptors (Lipinski definition) is 6. The van der Waals surface area contributed by atoms with Crippen LogP contribution in [0.25, 0.3) is 10.9 Å². The van der Waals surface area contributed by atoms with Crippen LogP contribution in [0.15, 0.2) is 12.1 Å². The van der Waals surface area contributed by atoms with Crippen LogP contribution in [0, 0.1) is 5.41 Å². The molecular weight excluding hydrogens is 374 g/mol. The van der Waals surface area contributed by atoms with Crippen LogP contribution in [0.2, 0.25) is 0 Å². The molecule has 0 aliphatic carbocycles. The second-order valence-corrected chi connectivity index (χ2v) is 8.37. The Labute approximate surface area is 169 Å². The molecule has 8 nitrogen and oxygen atoms in total. The fraction of sp³-hybridized carbons (Fsp3) is 0.524. The third-order valence-corrected chi connectivity index (χ3v) is 5.38. The van der Waals surface area contributed by atoms with Gasteiger partial charge in [0.1, 0.15) is 5.69 Å². The number of fused-ring (bicyclic) bond motifs is 2. The van der Waals surface area contributed by atoms with Gasteiger partial charge in [-0.15, -0.1) is 0 Å². The van der Waals surface area contributed by atoms with Crippen LogP contribution in [-0.2, 0) is 9.53 Å². The van der Waals surface area contributed by atoms with Crippen LogP contribution in [0.5, 0.6) is 11.5 Å². The number of piperidine rings is 1. The molecule has 1 aromatic heterocycles. The van der Waals surface area contributed by atoms with E-state index in [4.69, 9.17) is 14.2 Å².